The summed E-state index contributed by atoms with van der Waals surface area (Å²) in [6.45, 7) is 0. The zero-order valence-electron chi connectivity index (χ0n) is 11.1. The summed E-state index contributed by atoms with van der Waals surface area (Å²) >= 11 is 0. The number of imidazole rings is 1. The molecule has 3 aromatic rings. The van der Waals surface area contributed by atoms with Gasteiger partial charge in [0.2, 0.25) is 0 Å². The number of carbonyl (C=O) groups excluding carboxylic acids is 2. The fraction of sp³-hybridized carbons (Fsp3) is 0. The number of para-hydroxylation sites is 2. The maximum Gasteiger partial charge on any atom is 0.319 e. The van der Waals surface area contributed by atoms with Crippen LogP contribution in [0.3, 0.4) is 0 Å². The molecule has 6 nitrogen and oxygen atoms in total. The lowest BCUT2D eigenvalue weighted by molar-refractivity contribution is 0.0966. The molecule has 0 aliphatic rings. The van der Waals surface area contributed by atoms with Crippen LogP contribution in [-0.2, 0) is 0 Å². The van der Waals surface area contributed by atoms with Crippen molar-refractivity contribution in [3.05, 3.63) is 66.5 Å². The number of imide groups is 1. The molecule has 0 unspecified atom stereocenters. The van der Waals surface area contributed by atoms with Crippen molar-refractivity contribution in [3.8, 4) is 0 Å². The molecule has 3 rings (SSSR count). The maximum atomic E-state index is 11.0. The summed E-state index contributed by atoms with van der Waals surface area (Å²) in [6, 6.07) is 15.5. The van der Waals surface area contributed by atoms with Crippen molar-refractivity contribution in [2.75, 3.05) is 0 Å². The molecule has 3 amide bonds. The zero-order chi connectivity index (χ0) is 15.1. The standard InChI is InChI=1S/C8H8N2O2.C7H6N2/c9-8(12)10-7(11)6-4-2-1-3-5-6;1-2-4-7-6(3-1)8-5-9-7/h1-5H,(H3,9,10,11,12);1-5H,(H,8,9). The molecule has 0 saturated heterocycles. The molecule has 106 valence electrons. The Morgan fingerprint density at radius 1 is 1.00 bits per heavy atom. The number of carbonyl (C=O) groups is 2. The number of nitrogens with one attached hydrogen (secondary N) is 2. The van der Waals surface area contributed by atoms with Crippen LogP contribution < -0.4 is 11.1 Å². The highest BCUT2D eigenvalue weighted by molar-refractivity contribution is 6.03. The highest BCUT2D eigenvalue weighted by Gasteiger charge is 2.05. The molecule has 2 aromatic carbocycles. The van der Waals surface area contributed by atoms with E-state index >= 15 is 0 Å². The smallest absolute Gasteiger partial charge is 0.319 e. The summed E-state index contributed by atoms with van der Waals surface area (Å²) < 4.78 is 0. The van der Waals surface area contributed by atoms with Crippen molar-refractivity contribution in [1.29, 1.82) is 0 Å². The number of aromatic nitrogens is 2. The molecule has 0 saturated carbocycles. The Hall–Kier alpha value is -3.15. The van der Waals surface area contributed by atoms with E-state index in [0.717, 1.165) is 11.0 Å². The monoisotopic (exact) mass is 282 g/mol. The third kappa shape index (κ3) is 4.17. The van der Waals surface area contributed by atoms with Crippen LogP contribution in [-0.4, -0.2) is 21.9 Å². The number of H-pyrrole nitrogens is 1. The molecular weight excluding hydrogens is 268 g/mol. The van der Waals surface area contributed by atoms with Crippen LogP contribution in [0.25, 0.3) is 11.0 Å². The Morgan fingerprint density at radius 3 is 2.33 bits per heavy atom. The number of nitrogens with zero attached hydrogens (tertiary/aromatic N) is 1. The van der Waals surface area contributed by atoms with E-state index in [4.69, 9.17) is 5.73 Å². The Bertz CT molecular complexity index is 707. The first-order valence-electron chi connectivity index (χ1n) is 6.21. The first-order valence-corrected chi connectivity index (χ1v) is 6.21. The predicted molar refractivity (Wildman–Crippen MR) is 79.6 cm³/mol. The van der Waals surface area contributed by atoms with Crippen LogP contribution in [0.2, 0.25) is 0 Å². The fourth-order valence-electron chi connectivity index (χ4n) is 1.65. The number of fused-ring (bicyclic) bond motifs is 1. The topological polar surface area (TPSA) is 101 Å². The van der Waals surface area contributed by atoms with Gasteiger partial charge in [0, 0.05) is 5.56 Å². The Labute approximate surface area is 121 Å². The lowest BCUT2D eigenvalue weighted by Gasteiger charge is -1.98. The molecule has 21 heavy (non-hydrogen) atoms. The number of primary amides is 1. The second-order valence-electron chi connectivity index (χ2n) is 4.10. The van der Waals surface area contributed by atoms with Gasteiger partial charge in [-0.1, -0.05) is 30.3 Å². The lowest BCUT2D eigenvalue weighted by Crippen LogP contribution is -2.34. The molecule has 0 aliphatic carbocycles. The minimum atomic E-state index is -0.844. The van der Waals surface area contributed by atoms with Gasteiger partial charge >= 0.3 is 6.03 Å². The molecule has 0 radical (unpaired) electrons. The Kier molecular flexibility index (Phi) is 4.66. The number of hydrogen-bond donors (Lipinski definition) is 3. The number of aromatic amines is 1. The van der Waals surface area contributed by atoms with E-state index in [1.165, 1.54) is 0 Å². The van der Waals surface area contributed by atoms with E-state index in [2.05, 4.69) is 9.97 Å². The number of rotatable bonds is 1. The molecule has 6 heteroatoms. The van der Waals surface area contributed by atoms with Gasteiger partial charge in [-0.3, -0.25) is 10.1 Å². The Morgan fingerprint density at radius 2 is 1.67 bits per heavy atom. The van der Waals surface area contributed by atoms with E-state index in [1.54, 1.807) is 36.7 Å². The fourth-order valence-corrected chi connectivity index (χ4v) is 1.65. The van der Waals surface area contributed by atoms with Crippen molar-refractivity contribution in [2.45, 2.75) is 0 Å². The lowest BCUT2D eigenvalue weighted by atomic mass is 10.2. The van der Waals surface area contributed by atoms with Crippen LogP contribution in [0.1, 0.15) is 10.4 Å². The second kappa shape index (κ2) is 6.85. The van der Waals surface area contributed by atoms with Gasteiger partial charge in [-0.2, -0.15) is 0 Å². The normalized spacial score (nSPS) is 9.52. The number of hydrogen-bond acceptors (Lipinski definition) is 3. The van der Waals surface area contributed by atoms with Crippen molar-refractivity contribution >= 4 is 23.0 Å². The molecule has 1 heterocycles. The minimum Gasteiger partial charge on any atom is -0.351 e. The van der Waals surface area contributed by atoms with E-state index in [1.807, 2.05) is 29.6 Å². The summed E-state index contributed by atoms with van der Waals surface area (Å²) in [4.78, 5) is 28.4. The van der Waals surface area contributed by atoms with E-state index < -0.39 is 11.9 Å². The van der Waals surface area contributed by atoms with Crippen molar-refractivity contribution in [1.82, 2.24) is 15.3 Å². The van der Waals surface area contributed by atoms with Crippen LogP contribution >= 0.6 is 0 Å². The Balaban J connectivity index is 0.000000159. The molecule has 0 spiro atoms. The van der Waals surface area contributed by atoms with Crippen molar-refractivity contribution in [2.24, 2.45) is 5.73 Å². The molecule has 0 atom stereocenters. The number of urea groups is 1. The quantitative estimate of drug-likeness (QED) is 0.636. The highest BCUT2D eigenvalue weighted by atomic mass is 16.2. The second-order valence-corrected chi connectivity index (χ2v) is 4.10. The van der Waals surface area contributed by atoms with Gasteiger partial charge in [-0.25, -0.2) is 9.78 Å². The van der Waals surface area contributed by atoms with Crippen molar-refractivity contribution < 1.29 is 9.59 Å². The summed E-state index contributed by atoms with van der Waals surface area (Å²) in [5.41, 5.74) is 7.29. The summed E-state index contributed by atoms with van der Waals surface area (Å²) in [5.74, 6) is -0.483. The molecule has 0 bridgehead atoms. The number of nitrogens with two attached hydrogens (primary N) is 1. The number of amides is 3. The van der Waals surface area contributed by atoms with Crippen LogP contribution in [0.15, 0.2) is 60.9 Å². The average Bonchev–Trinajstić information content (AvgIpc) is 2.96. The molecule has 0 fully saturated rings. The van der Waals surface area contributed by atoms with Crippen molar-refractivity contribution in [3.63, 3.8) is 0 Å². The van der Waals surface area contributed by atoms with E-state index in [9.17, 15) is 9.59 Å². The average molecular weight is 282 g/mol. The molecular formula is C15H14N4O2. The van der Waals surface area contributed by atoms with Gasteiger partial charge in [-0.05, 0) is 24.3 Å². The first kappa shape index (κ1) is 14.3. The number of benzene rings is 2. The predicted octanol–water partition coefficient (Wildman–Crippen LogP) is 2.06. The molecule has 4 N–H and O–H groups in total. The minimum absolute atomic E-state index is 0.413. The maximum absolute atomic E-state index is 11.0. The third-order valence-corrected chi connectivity index (χ3v) is 2.60. The zero-order valence-corrected chi connectivity index (χ0v) is 11.1. The summed E-state index contributed by atoms with van der Waals surface area (Å²) in [7, 11) is 0. The van der Waals surface area contributed by atoms with Gasteiger partial charge in [-0.15, -0.1) is 0 Å². The van der Waals surface area contributed by atoms with Gasteiger partial charge in [0.15, 0.2) is 0 Å². The largest absolute Gasteiger partial charge is 0.351 e. The van der Waals surface area contributed by atoms with Crippen LogP contribution in [0, 0.1) is 0 Å². The van der Waals surface area contributed by atoms with Gasteiger partial charge in [0.1, 0.15) is 0 Å². The van der Waals surface area contributed by atoms with Crippen LogP contribution in [0.4, 0.5) is 4.79 Å². The van der Waals surface area contributed by atoms with Gasteiger partial charge in [0.25, 0.3) is 5.91 Å². The molecule has 1 aromatic heterocycles. The van der Waals surface area contributed by atoms with E-state index in [-0.39, 0.29) is 0 Å². The first-order chi connectivity index (χ1) is 10.2. The summed E-state index contributed by atoms with van der Waals surface area (Å²) in [5, 5.41) is 1.96. The highest BCUT2D eigenvalue weighted by Crippen LogP contribution is 2.05. The van der Waals surface area contributed by atoms with E-state index in [0.29, 0.717) is 5.56 Å². The third-order valence-electron chi connectivity index (χ3n) is 2.60. The van der Waals surface area contributed by atoms with Crippen LogP contribution in [0.5, 0.6) is 0 Å². The summed E-state index contributed by atoms with van der Waals surface area (Å²) in [6.07, 6.45) is 1.70. The van der Waals surface area contributed by atoms with Gasteiger partial charge in [0.05, 0.1) is 17.4 Å². The SMILES string of the molecule is NC(=O)NC(=O)c1ccccc1.c1ccc2[nH]cnc2c1. The molecule has 0 aliphatic heterocycles. The van der Waals surface area contributed by atoms with Gasteiger partial charge < -0.3 is 10.7 Å².